The molecule has 0 saturated carbocycles. The lowest BCUT2D eigenvalue weighted by molar-refractivity contribution is 0.0940. The highest BCUT2D eigenvalue weighted by Crippen LogP contribution is 2.29. The molecular weight excluding hydrogens is 266 g/mol. The van der Waals surface area contributed by atoms with Crippen molar-refractivity contribution in [2.75, 3.05) is 46.9 Å². The maximum absolute atomic E-state index is 6.11. The van der Waals surface area contributed by atoms with Crippen LogP contribution in [0.1, 0.15) is 12.5 Å². The van der Waals surface area contributed by atoms with E-state index in [1.807, 2.05) is 12.1 Å². The van der Waals surface area contributed by atoms with Gasteiger partial charge in [-0.05, 0) is 37.1 Å². The van der Waals surface area contributed by atoms with Crippen LogP contribution < -0.4 is 20.5 Å². The van der Waals surface area contributed by atoms with E-state index in [4.69, 9.17) is 15.2 Å². The lowest BCUT2D eigenvalue weighted by atomic mass is 9.89. The first-order chi connectivity index (χ1) is 10.1. The fourth-order valence-corrected chi connectivity index (χ4v) is 2.95. The lowest BCUT2D eigenvalue weighted by Crippen LogP contribution is -2.59. The Kier molecular flexibility index (Phi) is 5.45. The molecule has 0 amide bonds. The molecule has 1 aromatic carbocycles. The fraction of sp³-hybridized carbons (Fsp3) is 0.625. The third kappa shape index (κ3) is 3.67. The van der Waals surface area contributed by atoms with E-state index in [-0.39, 0.29) is 5.54 Å². The second-order valence-electron chi connectivity index (χ2n) is 5.79. The van der Waals surface area contributed by atoms with E-state index < -0.39 is 0 Å². The van der Waals surface area contributed by atoms with Crippen LogP contribution in [0.4, 0.5) is 0 Å². The van der Waals surface area contributed by atoms with E-state index >= 15 is 0 Å². The van der Waals surface area contributed by atoms with Crippen molar-refractivity contribution in [3.8, 4) is 11.5 Å². The van der Waals surface area contributed by atoms with Crippen molar-refractivity contribution in [3.05, 3.63) is 23.8 Å². The minimum absolute atomic E-state index is 0.0677. The third-order valence-corrected chi connectivity index (χ3v) is 4.38. The van der Waals surface area contributed by atoms with E-state index in [0.717, 1.165) is 49.7 Å². The molecule has 2 rings (SSSR count). The highest BCUT2D eigenvalue weighted by Gasteiger charge is 2.32. The molecule has 1 unspecified atom stereocenters. The number of rotatable bonds is 6. The summed E-state index contributed by atoms with van der Waals surface area (Å²) in [6, 6.07) is 5.94. The summed E-state index contributed by atoms with van der Waals surface area (Å²) in [6.07, 6.45) is 0.851. The number of hydrogen-bond acceptors (Lipinski definition) is 5. The smallest absolute Gasteiger partial charge is 0.122 e. The number of benzene rings is 1. The highest BCUT2D eigenvalue weighted by atomic mass is 16.5. The average molecular weight is 293 g/mol. The zero-order valence-corrected chi connectivity index (χ0v) is 13.3. The van der Waals surface area contributed by atoms with Crippen molar-refractivity contribution in [1.29, 1.82) is 0 Å². The molecule has 1 saturated heterocycles. The lowest BCUT2D eigenvalue weighted by Gasteiger charge is -2.43. The van der Waals surface area contributed by atoms with Crippen LogP contribution in [0.2, 0.25) is 0 Å². The Morgan fingerprint density at radius 1 is 1.24 bits per heavy atom. The van der Waals surface area contributed by atoms with Crippen molar-refractivity contribution in [2.45, 2.75) is 18.9 Å². The molecule has 0 bridgehead atoms. The molecule has 1 fully saturated rings. The molecule has 5 heteroatoms. The maximum Gasteiger partial charge on any atom is 0.122 e. The van der Waals surface area contributed by atoms with Gasteiger partial charge in [-0.25, -0.2) is 0 Å². The summed E-state index contributed by atoms with van der Waals surface area (Å²) in [5.74, 6) is 1.75. The van der Waals surface area contributed by atoms with Crippen LogP contribution in [0, 0.1) is 0 Å². The quantitative estimate of drug-likeness (QED) is 0.815. The van der Waals surface area contributed by atoms with Gasteiger partial charge in [-0.15, -0.1) is 0 Å². The predicted octanol–water partition coefficient (Wildman–Crippen LogP) is 0.869. The molecule has 0 aliphatic carbocycles. The normalized spacial score (nSPS) is 19.0. The number of nitrogens with two attached hydrogens (primary N) is 1. The molecule has 5 nitrogen and oxygen atoms in total. The van der Waals surface area contributed by atoms with Gasteiger partial charge in [0, 0.05) is 38.3 Å². The average Bonchev–Trinajstić information content (AvgIpc) is 2.55. The van der Waals surface area contributed by atoms with E-state index in [2.05, 4.69) is 23.2 Å². The van der Waals surface area contributed by atoms with Crippen LogP contribution in [-0.2, 0) is 6.42 Å². The molecule has 21 heavy (non-hydrogen) atoms. The van der Waals surface area contributed by atoms with Gasteiger partial charge in [0.25, 0.3) is 0 Å². The first-order valence-electron chi connectivity index (χ1n) is 7.49. The maximum atomic E-state index is 6.11. The Morgan fingerprint density at radius 2 is 1.95 bits per heavy atom. The first-order valence-corrected chi connectivity index (χ1v) is 7.49. The Morgan fingerprint density at radius 3 is 2.52 bits per heavy atom. The van der Waals surface area contributed by atoms with Gasteiger partial charge in [0.2, 0.25) is 0 Å². The van der Waals surface area contributed by atoms with Gasteiger partial charge in [0.15, 0.2) is 0 Å². The molecule has 1 heterocycles. The highest BCUT2D eigenvalue weighted by molar-refractivity contribution is 5.41. The largest absolute Gasteiger partial charge is 0.497 e. The molecular formula is C16H27N3O2. The summed E-state index contributed by atoms with van der Waals surface area (Å²) >= 11 is 0. The second-order valence-corrected chi connectivity index (χ2v) is 5.79. The number of nitrogens with zero attached hydrogens (tertiary/aromatic N) is 1. The molecule has 118 valence electrons. The van der Waals surface area contributed by atoms with Gasteiger partial charge in [-0.1, -0.05) is 0 Å². The van der Waals surface area contributed by atoms with Crippen LogP contribution >= 0.6 is 0 Å². The van der Waals surface area contributed by atoms with Gasteiger partial charge in [0.05, 0.1) is 14.2 Å². The summed E-state index contributed by atoms with van der Waals surface area (Å²) in [5.41, 5.74) is 7.19. The summed E-state index contributed by atoms with van der Waals surface area (Å²) in [5, 5.41) is 3.39. The van der Waals surface area contributed by atoms with E-state index in [1.165, 1.54) is 0 Å². The molecule has 0 spiro atoms. The van der Waals surface area contributed by atoms with Gasteiger partial charge in [0.1, 0.15) is 11.5 Å². The fourth-order valence-electron chi connectivity index (χ4n) is 2.95. The van der Waals surface area contributed by atoms with Crippen molar-refractivity contribution in [3.63, 3.8) is 0 Å². The van der Waals surface area contributed by atoms with Crippen LogP contribution in [0.3, 0.4) is 0 Å². The van der Waals surface area contributed by atoms with E-state index in [9.17, 15) is 0 Å². The number of ether oxygens (including phenoxy) is 2. The zero-order chi connectivity index (χ0) is 15.3. The van der Waals surface area contributed by atoms with Gasteiger partial charge in [-0.3, -0.25) is 4.90 Å². The predicted molar refractivity (Wildman–Crippen MR) is 85.2 cm³/mol. The Labute approximate surface area is 127 Å². The summed E-state index contributed by atoms with van der Waals surface area (Å²) in [4.78, 5) is 2.47. The van der Waals surface area contributed by atoms with Crippen molar-refractivity contribution in [2.24, 2.45) is 5.73 Å². The Balaban J connectivity index is 2.24. The monoisotopic (exact) mass is 293 g/mol. The summed E-state index contributed by atoms with van der Waals surface area (Å²) in [7, 11) is 3.39. The van der Waals surface area contributed by atoms with E-state index in [0.29, 0.717) is 6.54 Å². The molecule has 0 radical (unpaired) electrons. The third-order valence-electron chi connectivity index (χ3n) is 4.38. The molecule has 1 aliphatic heterocycles. The minimum Gasteiger partial charge on any atom is -0.497 e. The van der Waals surface area contributed by atoms with Crippen molar-refractivity contribution < 1.29 is 9.47 Å². The molecule has 1 atom stereocenters. The molecule has 1 aliphatic rings. The molecule has 0 aromatic heterocycles. The number of nitrogens with one attached hydrogen (secondary N) is 1. The zero-order valence-electron chi connectivity index (χ0n) is 13.3. The van der Waals surface area contributed by atoms with Crippen molar-refractivity contribution in [1.82, 2.24) is 10.2 Å². The van der Waals surface area contributed by atoms with Gasteiger partial charge < -0.3 is 20.5 Å². The van der Waals surface area contributed by atoms with Crippen LogP contribution in [0.15, 0.2) is 18.2 Å². The summed E-state index contributed by atoms with van der Waals surface area (Å²) in [6.45, 7) is 6.94. The second kappa shape index (κ2) is 7.11. The topological polar surface area (TPSA) is 59.8 Å². The summed E-state index contributed by atoms with van der Waals surface area (Å²) < 4.78 is 10.8. The Bertz CT molecular complexity index is 461. The van der Waals surface area contributed by atoms with Gasteiger partial charge in [-0.2, -0.15) is 0 Å². The van der Waals surface area contributed by atoms with Crippen LogP contribution in [-0.4, -0.2) is 57.4 Å². The first kappa shape index (κ1) is 16.1. The SMILES string of the molecule is COc1ccc(OC)c(CC(C)(CN)N2CCNCC2)c1. The minimum atomic E-state index is -0.0677. The standard InChI is InChI=1S/C16H27N3O2/c1-16(12-17,19-8-6-18-7-9-19)11-13-10-14(20-2)4-5-15(13)21-3/h4-5,10,18H,6-9,11-12,17H2,1-3H3. The number of piperazine rings is 1. The number of methoxy groups -OCH3 is 2. The number of hydrogen-bond donors (Lipinski definition) is 2. The van der Waals surface area contributed by atoms with Crippen molar-refractivity contribution >= 4 is 0 Å². The Hall–Kier alpha value is -1.30. The molecule has 1 aromatic rings. The van der Waals surface area contributed by atoms with E-state index in [1.54, 1.807) is 14.2 Å². The van der Waals surface area contributed by atoms with Gasteiger partial charge >= 0.3 is 0 Å². The van der Waals surface area contributed by atoms with Crippen LogP contribution in [0.5, 0.6) is 11.5 Å². The molecule has 3 N–H and O–H groups in total. The van der Waals surface area contributed by atoms with Crippen LogP contribution in [0.25, 0.3) is 0 Å².